The van der Waals surface area contributed by atoms with Gasteiger partial charge in [0.2, 0.25) is 0 Å². The van der Waals surface area contributed by atoms with Gasteiger partial charge in [-0.1, -0.05) is 36.4 Å². The number of benzene rings is 2. The molecule has 0 saturated heterocycles. The lowest BCUT2D eigenvalue weighted by Gasteiger charge is -2.18. The first kappa shape index (κ1) is 13.1. The summed E-state index contributed by atoms with van der Waals surface area (Å²) in [4.78, 5) is 0. The van der Waals surface area contributed by atoms with Crippen molar-refractivity contribution in [3.8, 4) is 5.75 Å². The minimum absolute atomic E-state index is 0.754. The Hall–Kier alpha value is -1.54. The van der Waals surface area contributed by atoms with Gasteiger partial charge in [-0.15, -0.1) is 0 Å². The fourth-order valence-corrected chi connectivity index (χ4v) is 3.34. The van der Waals surface area contributed by atoms with Gasteiger partial charge in [-0.25, -0.2) is 0 Å². The lowest BCUT2D eigenvalue weighted by molar-refractivity contribution is 0.296. The van der Waals surface area contributed by atoms with E-state index in [1.165, 1.54) is 36.5 Å². The van der Waals surface area contributed by atoms with Crippen LogP contribution in [0.1, 0.15) is 25.7 Å². The van der Waals surface area contributed by atoms with Crippen LogP contribution in [-0.2, 0) is 0 Å². The molecule has 0 atom stereocenters. The summed E-state index contributed by atoms with van der Waals surface area (Å²) in [5.41, 5.74) is 0. The van der Waals surface area contributed by atoms with E-state index < -0.39 is 0 Å². The van der Waals surface area contributed by atoms with Crippen LogP contribution < -0.4 is 10.1 Å². The van der Waals surface area contributed by atoms with Crippen LogP contribution in [0, 0.1) is 11.8 Å². The van der Waals surface area contributed by atoms with E-state index in [1.807, 2.05) is 0 Å². The minimum Gasteiger partial charge on any atom is -0.492 e. The summed E-state index contributed by atoms with van der Waals surface area (Å²) in [5, 5.41) is 6.19. The highest BCUT2D eigenvalue weighted by molar-refractivity contribution is 5.88. The number of ether oxygens (including phenoxy) is 1. The van der Waals surface area contributed by atoms with E-state index in [4.69, 9.17) is 4.74 Å². The second-order valence-electron chi connectivity index (χ2n) is 6.48. The van der Waals surface area contributed by atoms with E-state index in [-0.39, 0.29) is 0 Å². The molecule has 0 spiro atoms. The topological polar surface area (TPSA) is 21.3 Å². The third kappa shape index (κ3) is 3.06. The smallest absolute Gasteiger partial charge is 0.127 e. The lowest BCUT2D eigenvalue weighted by atomic mass is 10.1. The van der Waals surface area contributed by atoms with Crippen molar-refractivity contribution in [2.24, 2.45) is 11.8 Å². The monoisotopic (exact) mass is 281 g/mol. The van der Waals surface area contributed by atoms with E-state index in [9.17, 15) is 0 Å². The van der Waals surface area contributed by atoms with Gasteiger partial charge >= 0.3 is 0 Å². The predicted octanol–water partition coefficient (Wildman–Crippen LogP) is 4.00. The van der Waals surface area contributed by atoms with E-state index >= 15 is 0 Å². The van der Waals surface area contributed by atoms with Gasteiger partial charge in [-0.05, 0) is 49.0 Å². The molecular formula is C19H23NO. The van der Waals surface area contributed by atoms with Crippen LogP contribution in [0.4, 0.5) is 0 Å². The van der Waals surface area contributed by atoms with Crippen molar-refractivity contribution in [1.29, 1.82) is 0 Å². The molecule has 0 bridgehead atoms. The predicted molar refractivity (Wildman–Crippen MR) is 86.7 cm³/mol. The van der Waals surface area contributed by atoms with Gasteiger partial charge in [0.05, 0.1) is 0 Å². The highest BCUT2D eigenvalue weighted by Gasteiger charge is 2.40. The van der Waals surface area contributed by atoms with Gasteiger partial charge in [0.15, 0.2) is 0 Å². The first-order valence-electron chi connectivity index (χ1n) is 8.26. The Morgan fingerprint density at radius 1 is 0.952 bits per heavy atom. The van der Waals surface area contributed by atoms with Crippen LogP contribution in [0.3, 0.4) is 0 Å². The quantitative estimate of drug-likeness (QED) is 0.775. The molecule has 0 amide bonds. The van der Waals surface area contributed by atoms with Crippen LogP contribution in [0.25, 0.3) is 10.8 Å². The number of fused-ring (bicyclic) bond motifs is 1. The Morgan fingerprint density at radius 2 is 1.67 bits per heavy atom. The zero-order chi connectivity index (χ0) is 14.1. The van der Waals surface area contributed by atoms with Crippen LogP contribution in [0.15, 0.2) is 42.5 Å². The zero-order valence-electron chi connectivity index (χ0n) is 12.4. The molecule has 2 aliphatic carbocycles. The molecule has 2 fully saturated rings. The van der Waals surface area contributed by atoms with Crippen molar-refractivity contribution in [1.82, 2.24) is 5.32 Å². The highest BCUT2D eigenvalue weighted by atomic mass is 16.5. The largest absolute Gasteiger partial charge is 0.492 e. The Kier molecular flexibility index (Phi) is 3.56. The number of nitrogens with one attached hydrogen (secondary N) is 1. The Morgan fingerprint density at radius 3 is 2.43 bits per heavy atom. The van der Waals surface area contributed by atoms with Crippen LogP contribution in [0.5, 0.6) is 5.75 Å². The van der Waals surface area contributed by atoms with Gasteiger partial charge in [0.25, 0.3) is 0 Å². The molecule has 0 aromatic heterocycles. The summed E-state index contributed by atoms with van der Waals surface area (Å²) < 4.78 is 6.01. The van der Waals surface area contributed by atoms with Gasteiger partial charge in [-0.3, -0.25) is 0 Å². The number of hydrogen-bond donors (Lipinski definition) is 1. The Balaban J connectivity index is 1.33. The molecule has 4 rings (SSSR count). The van der Waals surface area contributed by atoms with Gasteiger partial charge in [-0.2, -0.15) is 0 Å². The van der Waals surface area contributed by atoms with Gasteiger partial charge < -0.3 is 10.1 Å². The number of hydrogen-bond acceptors (Lipinski definition) is 2. The fraction of sp³-hybridized carbons (Fsp3) is 0.474. The molecule has 2 nitrogen and oxygen atoms in total. The Labute approximate surface area is 126 Å². The molecule has 2 saturated carbocycles. The molecule has 0 unspecified atom stereocenters. The van der Waals surface area contributed by atoms with Crippen LogP contribution >= 0.6 is 0 Å². The average molecular weight is 281 g/mol. The summed E-state index contributed by atoms with van der Waals surface area (Å²) in [6, 6.07) is 15.5. The van der Waals surface area contributed by atoms with Crippen molar-refractivity contribution in [2.45, 2.75) is 31.7 Å². The van der Waals surface area contributed by atoms with Crippen LogP contribution in [0.2, 0.25) is 0 Å². The first-order chi connectivity index (χ1) is 10.4. The second kappa shape index (κ2) is 5.69. The fourth-order valence-electron chi connectivity index (χ4n) is 3.34. The molecule has 0 aliphatic heterocycles. The van der Waals surface area contributed by atoms with Crippen molar-refractivity contribution >= 4 is 10.8 Å². The summed E-state index contributed by atoms with van der Waals surface area (Å²) >= 11 is 0. The van der Waals surface area contributed by atoms with Crippen LogP contribution in [-0.4, -0.2) is 19.2 Å². The summed E-state index contributed by atoms with van der Waals surface area (Å²) in [5.74, 6) is 2.91. The average Bonchev–Trinajstić information content (AvgIpc) is 3.40. The molecule has 110 valence electrons. The van der Waals surface area contributed by atoms with Crippen molar-refractivity contribution < 1.29 is 4.74 Å². The van der Waals surface area contributed by atoms with E-state index in [0.29, 0.717) is 0 Å². The third-order valence-corrected chi connectivity index (χ3v) is 4.75. The highest BCUT2D eigenvalue weighted by Crippen LogP contribution is 2.44. The first-order valence-corrected chi connectivity index (χ1v) is 8.26. The maximum atomic E-state index is 6.01. The van der Waals surface area contributed by atoms with Crippen molar-refractivity contribution in [2.75, 3.05) is 13.2 Å². The van der Waals surface area contributed by atoms with E-state index in [0.717, 1.165) is 36.8 Å². The SMILES string of the molecule is c1ccc2c(OCCNC(C3CC3)C3CC3)cccc2c1. The van der Waals surface area contributed by atoms with E-state index in [2.05, 4.69) is 47.8 Å². The van der Waals surface area contributed by atoms with Gasteiger partial charge in [0.1, 0.15) is 12.4 Å². The lowest BCUT2D eigenvalue weighted by Crippen LogP contribution is -2.36. The second-order valence-corrected chi connectivity index (χ2v) is 6.48. The van der Waals surface area contributed by atoms with E-state index in [1.54, 1.807) is 0 Å². The molecule has 2 heteroatoms. The molecule has 0 radical (unpaired) electrons. The summed E-state index contributed by atoms with van der Waals surface area (Å²) in [7, 11) is 0. The van der Waals surface area contributed by atoms with Crippen molar-refractivity contribution in [3.05, 3.63) is 42.5 Å². The third-order valence-electron chi connectivity index (χ3n) is 4.75. The molecular weight excluding hydrogens is 258 g/mol. The molecule has 2 aromatic rings. The summed E-state index contributed by atoms with van der Waals surface area (Å²) in [6.45, 7) is 1.71. The molecule has 2 aromatic carbocycles. The Bertz CT molecular complexity index is 598. The molecule has 21 heavy (non-hydrogen) atoms. The maximum Gasteiger partial charge on any atom is 0.127 e. The van der Waals surface area contributed by atoms with Gasteiger partial charge in [0, 0.05) is 18.0 Å². The number of rotatable bonds is 7. The molecule has 2 aliphatic rings. The standard InChI is InChI=1S/C19H23NO/c1-2-6-17-14(4-1)5-3-7-18(17)21-13-12-20-19(15-8-9-15)16-10-11-16/h1-7,15-16,19-20H,8-13H2. The normalized spacial score (nSPS) is 18.3. The maximum absolute atomic E-state index is 6.01. The minimum atomic E-state index is 0.754. The summed E-state index contributed by atoms with van der Waals surface area (Å²) in [6.07, 6.45) is 5.72. The molecule has 1 N–H and O–H groups in total. The molecule has 0 heterocycles. The van der Waals surface area contributed by atoms with Crippen molar-refractivity contribution in [3.63, 3.8) is 0 Å². The zero-order valence-corrected chi connectivity index (χ0v) is 12.4.